The van der Waals surface area contributed by atoms with Gasteiger partial charge in [0.05, 0.1) is 6.04 Å². The van der Waals surface area contributed by atoms with Crippen LogP contribution in [0.3, 0.4) is 0 Å². The van der Waals surface area contributed by atoms with Crippen molar-refractivity contribution in [3.63, 3.8) is 0 Å². The molecule has 4 heteroatoms. The van der Waals surface area contributed by atoms with Gasteiger partial charge in [-0.1, -0.05) is 44.2 Å². The molecule has 2 N–H and O–H groups in total. The van der Waals surface area contributed by atoms with Crippen molar-refractivity contribution in [2.75, 3.05) is 33.7 Å². The number of carbonyl (C=O) groups excluding carboxylic acids is 1. The maximum atomic E-state index is 12.6. The fourth-order valence-corrected chi connectivity index (χ4v) is 2.24. The van der Waals surface area contributed by atoms with Crippen LogP contribution in [-0.2, 0) is 11.2 Å². The molecule has 0 fully saturated rings. The van der Waals surface area contributed by atoms with Gasteiger partial charge in [0.15, 0.2) is 0 Å². The Balaban J connectivity index is 2.64. The molecular weight excluding hydrogens is 262 g/mol. The molecule has 0 unspecified atom stereocenters. The number of amides is 1. The molecule has 1 atom stereocenters. The zero-order valence-electron chi connectivity index (χ0n) is 13.7. The van der Waals surface area contributed by atoms with Gasteiger partial charge < -0.3 is 15.5 Å². The van der Waals surface area contributed by atoms with Gasteiger partial charge in [0.2, 0.25) is 5.91 Å². The van der Waals surface area contributed by atoms with Gasteiger partial charge in [0, 0.05) is 19.6 Å². The Morgan fingerprint density at radius 1 is 1.14 bits per heavy atom. The van der Waals surface area contributed by atoms with Crippen molar-refractivity contribution in [3.05, 3.63) is 35.9 Å². The van der Waals surface area contributed by atoms with Gasteiger partial charge in [0.25, 0.3) is 0 Å². The predicted octanol–water partition coefficient (Wildman–Crippen LogP) is 1.60. The Morgan fingerprint density at radius 3 is 2.29 bits per heavy atom. The summed E-state index contributed by atoms with van der Waals surface area (Å²) in [7, 11) is 4.03. The molecule has 0 radical (unpaired) electrons. The quantitative estimate of drug-likeness (QED) is 0.791. The minimum Gasteiger partial charge on any atom is -0.340 e. The van der Waals surface area contributed by atoms with Gasteiger partial charge in [-0.3, -0.25) is 4.79 Å². The van der Waals surface area contributed by atoms with Crippen LogP contribution < -0.4 is 5.73 Å². The second-order valence-electron chi connectivity index (χ2n) is 6.28. The fraction of sp³-hybridized carbons (Fsp3) is 0.588. The fourth-order valence-electron chi connectivity index (χ4n) is 2.24. The van der Waals surface area contributed by atoms with E-state index in [-0.39, 0.29) is 5.91 Å². The van der Waals surface area contributed by atoms with Crippen LogP contribution in [0, 0.1) is 5.92 Å². The minimum absolute atomic E-state index is 0.0504. The first-order valence-electron chi connectivity index (χ1n) is 7.63. The van der Waals surface area contributed by atoms with Crippen molar-refractivity contribution >= 4 is 5.91 Å². The second kappa shape index (κ2) is 8.80. The van der Waals surface area contributed by atoms with E-state index in [0.29, 0.717) is 12.3 Å². The van der Waals surface area contributed by atoms with Gasteiger partial charge in [-0.2, -0.15) is 0 Å². The van der Waals surface area contributed by atoms with Crippen LogP contribution in [-0.4, -0.2) is 55.5 Å². The molecule has 1 rings (SSSR count). The molecule has 0 aliphatic carbocycles. The molecule has 118 valence electrons. The second-order valence-corrected chi connectivity index (χ2v) is 6.28. The molecule has 0 aliphatic rings. The summed E-state index contributed by atoms with van der Waals surface area (Å²) in [6.45, 7) is 6.59. The summed E-state index contributed by atoms with van der Waals surface area (Å²) in [4.78, 5) is 16.6. The monoisotopic (exact) mass is 291 g/mol. The van der Waals surface area contributed by atoms with E-state index < -0.39 is 6.04 Å². The normalized spacial score (nSPS) is 12.7. The number of benzene rings is 1. The SMILES string of the molecule is CC(C)CN(CCN(C)C)C(=O)[C@@H](N)Cc1ccccc1. The summed E-state index contributed by atoms with van der Waals surface area (Å²) >= 11 is 0. The van der Waals surface area contributed by atoms with E-state index >= 15 is 0 Å². The van der Waals surface area contributed by atoms with Crippen LogP contribution >= 0.6 is 0 Å². The average Bonchev–Trinajstić information content (AvgIpc) is 2.43. The summed E-state index contributed by atoms with van der Waals surface area (Å²) < 4.78 is 0. The highest BCUT2D eigenvalue weighted by atomic mass is 16.2. The lowest BCUT2D eigenvalue weighted by Gasteiger charge is -2.28. The Morgan fingerprint density at radius 2 is 1.76 bits per heavy atom. The molecule has 0 saturated heterocycles. The van der Waals surface area contributed by atoms with Gasteiger partial charge in [0.1, 0.15) is 0 Å². The highest BCUT2D eigenvalue weighted by Crippen LogP contribution is 2.07. The molecule has 0 heterocycles. The average molecular weight is 291 g/mol. The summed E-state index contributed by atoms with van der Waals surface area (Å²) in [6, 6.07) is 9.49. The molecule has 1 aromatic rings. The number of carbonyl (C=O) groups is 1. The first-order valence-corrected chi connectivity index (χ1v) is 7.63. The number of hydrogen-bond donors (Lipinski definition) is 1. The van der Waals surface area contributed by atoms with Crippen molar-refractivity contribution < 1.29 is 4.79 Å². The zero-order valence-corrected chi connectivity index (χ0v) is 13.7. The van der Waals surface area contributed by atoms with Crippen molar-refractivity contribution in [2.24, 2.45) is 11.7 Å². The topological polar surface area (TPSA) is 49.6 Å². The van der Waals surface area contributed by atoms with Crippen molar-refractivity contribution in [2.45, 2.75) is 26.3 Å². The largest absolute Gasteiger partial charge is 0.340 e. The molecule has 1 amide bonds. The smallest absolute Gasteiger partial charge is 0.239 e. The number of likely N-dealkylation sites (N-methyl/N-ethyl adjacent to an activating group) is 1. The van der Waals surface area contributed by atoms with Gasteiger partial charge in [-0.25, -0.2) is 0 Å². The Bertz CT molecular complexity index is 417. The third kappa shape index (κ3) is 6.74. The third-order valence-electron chi connectivity index (χ3n) is 3.33. The molecule has 0 saturated carbocycles. The molecule has 21 heavy (non-hydrogen) atoms. The van der Waals surface area contributed by atoms with E-state index in [9.17, 15) is 4.79 Å². The lowest BCUT2D eigenvalue weighted by molar-refractivity contribution is -0.133. The van der Waals surface area contributed by atoms with Crippen LogP contribution in [0.5, 0.6) is 0 Å². The maximum Gasteiger partial charge on any atom is 0.239 e. The lowest BCUT2D eigenvalue weighted by Crippen LogP contribution is -2.48. The Labute approximate surface area is 128 Å². The summed E-state index contributed by atoms with van der Waals surface area (Å²) in [6.07, 6.45) is 0.593. The molecular formula is C17H29N3O. The van der Waals surface area contributed by atoms with E-state index in [1.807, 2.05) is 49.3 Å². The maximum absolute atomic E-state index is 12.6. The standard InChI is InChI=1S/C17H29N3O/c1-14(2)13-20(11-10-19(3)4)17(21)16(18)12-15-8-6-5-7-9-15/h5-9,14,16H,10-13,18H2,1-4H3/t16-/m0/s1. The molecule has 4 nitrogen and oxygen atoms in total. The van der Waals surface area contributed by atoms with Crippen molar-refractivity contribution in [1.82, 2.24) is 9.80 Å². The number of nitrogens with zero attached hydrogens (tertiary/aromatic N) is 2. The zero-order chi connectivity index (χ0) is 15.8. The highest BCUT2D eigenvalue weighted by molar-refractivity contribution is 5.82. The van der Waals surface area contributed by atoms with E-state index in [4.69, 9.17) is 5.73 Å². The summed E-state index contributed by atoms with van der Waals surface area (Å²) in [5.41, 5.74) is 7.23. The molecule has 0 bridgehead atoms. The summed E-state index contributed by atoms with van der Waals surface area (Å²) in [5.74, 6) is 0.495. The van der Waals surface area contributed by atoms with E-state index in [1.54, 1.807) is 0 Å². The molecule has 0 spiro atoms. The van der Waals surface area contributed by atoms with E-state index in [2.05, 4.69) is 18.7 Å². The van der Waals surface area contributed by atoms with Crippen LogP contribution in [0.1, 0.15) is 19.4 Å². The first-order chi connectivity index (χ1) is 9.90. The highest BCUT2D eigenvalue weighted by Gasteiger charge is 2.21. The predicted molar refractivity (Wildman–Crippen MR) is 88.1 cm³/mol. The van der Waals surface area contributed by atoms with Gasteiger partial charge in [-0.15, -0.1) is 0 Å². The van der Waals surface area contributed by atoms with Gasteiger partial charge in [-0.05, 0) is 32.0 Å². The molecule has 0 aliphatic heterocycles. The van der Waals surface area contributed by atoms with E-state index in [1.165, 1.54) is 0 Å². The van der Waals surface area contributed by atoms with Gasteiger partial charge >= 0.3 is 0 Å². The minimum atomic E-state index is -0.465. The summed E-state index contributed by atoms with van der Waals surface area (Å²) in [5, 5.41) is 0. The van der Waals surface area contributed by atoms with E-state index in [0.717, 1.165) is 25.2 Å². The van der Waals surface area contributed by atoms with Crippen LogP contribution in [0.25, 0.3) is 0 Å². The Kier molecular flexibility index (Phi) is 7.40. The molecule has 1 aromatic carbocycles. The van der Waals surface area contributed by atoms with Crippen molar-refractivity contribution in [3.8, 4) is 0 Å². The number of rotatable bonds is 8. The van der Waals surface area contributed by atoms with Crippen LogP contribution in [0.2, 0.25) is 0 Å². The molecule has 0 aromatic heterocycles. The van der Waals surface area contributed by atoms with Crippen LogP contribution in [0.15, 0.2) is 30.3 Å². The first kappa shape index (κ1) is 17.7. The van der Waals surface area contributed by atoms with Crippen molar-refractivity contribution in [1.29, 1.82) is 0 Å². The third-order valence-corrected chi connectivity index (χ3v) is 3.33. The number of hydrogen-bond acceptors (Lipinski definition) is 3. The Hall–Kier alpha value is -1.39. The number of nitrogens with two attached hydrogens (primary N) is 1. The lowest BCUT2D eigenvalue weighted by atomic mass is 10.0. The van der Waals surface area contributed by atoms with Crippen LogP contribution in [0.4, 0.5) is 0 Å².